The van der Waals surface area contributed by atoms with Gasteiger partial charge < -0.3 is 10.2 Å². The molecule has 2 nitrogen and oxygen atoms in total. The zero-order valence-corrected chi connectivity index (χ0v) is 13.5. The fraction of sp³-hybridized carbons (Fsp3) is 0.600. The molecule has 1 saturated heterocycles. The zero-order chi connectivity index (χ0) is 13.0. The molecule has 0 spiro atoms. The predicted octanol–water partition coefficient (Wildman–Crippen LogP) is 3.89. The first-order chi connectivity index (χ1) is 8.69. The van der Waals surface area contributed by atoms with E-state index < -0.39 is 0 Å². The molecule has 0 aromatic heterocycles. The van der Waals surface area contributed by atoms with Crippen molar-refractivity contribution in [3.05, 3.63) is 27.3 Å². The maximum Gasteiger partial charge on any atom is 0.0372 e. The summed E-state index contributed by atoms with van der Waals surface area (Å²) >= 11 is 2.37. The van der Waals surface area contributed by atoms with Crippen molar-refractivity contribution in [1.29, 1.82) is 0 Å². The number of likely N-dealkylation sites (tertiary alicyclic amines) is 1. The second-order valence-corrected chi connectivity index (χ2v) is 6.47. The van der Waals surface area contributed by atoms with Crippen LogP contribution in [0.1, 0.15) is 31.7 Å². The van der Waals surface area contributed by atoms with Crippen LogP contribution in [0.15, 0.2) is 18.2 Å². The van der Waals surface area contributed by atoms with Crippen LogP contribution in [0.4, 0.5) is 5.69 Å². The van der Waals surface area contributed by atoms with E-state index in [1.807, 2.05) is 0 Å². The van der Waals surface area contributed by atoms with Gasteiger partial charge in [0.15, 0.2) is 0 Å². The monoisotopic (exact) mass is 358 g/mol. The van der Waals surface area contributed by atoms with Crippen LogP contribution in [-0.2, 0) is 0 Å². The van der Waals surface area contributed by atoms with E-state index in [4.69, 9.17) is 0 Å². The number of benzene rings is 1. The summed E-state index contributed by atoms with van der Waals surface area (Å²) in [6, 6.07) is 7.30. The third-order valence-electron chi connectivity index (χ3n) is 3.68. The van der Waals surface area contributed by atoms with Crippen LogP contribution in [0.25, 0.3) is 0 Å². The van der Waals surface area contributed by atoms with E-state index in [0.717, 1.165) is 0 Å². The molecule has 1 fully saturated rings. The lowest BCUT2D eigenvalue weighted by molar-refractivity contribution is 0.219. The van der Waals surface area contributed by atoms with Gasteiger partial charge in [0.1, 0.15) is 0 Å². The quantitative estimate of drug-likeness (QED) is 0.822. The second kappa shape index (κ2) is 6.75. The lowest BCUT2D eigenvalue weighted by atomic mass is 10.0. The standard InChI is InChI=1S/C15H23IN2/c1-3-8-18-9-6-14(7-10-18)17-15-5-4-13(16)11-12(15)2/h4-5,11,14,17H,3,6-10H2,1-2H3. The van der Waals surface area contributed by atoms with Crippen LogP contribution >= 0.6 is 22.6 Å². The number of hydrogen-bond donors (Lipinski definition) is 1. The lowest BCUT2D eigenvalue weighted by Crippen LogP contribution is -2.39. The van der Waals surface area contributed by atoms with Gasteiger partial charge in [0.25, 0.3) is 0 Å². The van der Waals surface area contributed by atoms with E-state index >= 15 is 0 Å². The molecule has 100 valence electrons. The fourth-order valence-corrected chi connectivity index (χ4v) is 3.27. The van der Waals surface area contributed by atoms with Crippen molar-refractivity contribution in [2.24, 2.45) is 0 Å². The first-order valence-corrected chi connectivity index (χ1v) is 8.02. The second-order valence-electron chi connectivity index (χ2n) is 5.22. The number of rotatable bonds is 4. The largest absolute Gasteiger partial charge is 0.382 e. The number of halogens is 1. The molecule has 0 aliphatic carbocycles. The molecular formula is C15H23IN2. The molecule has 0 amide bonds. The first-order valence-electron chi connectivity index (χ1n) is 6.94. The minimum Gasteiger partial charge on any atom is -0.382 e. The smallest absolute Gasteiger partial charge is 0.0372 e. The highest BCUT2D eigenvalue weighted by Gasteiger charge is 2.18. The Bertz CT molecular complexity index is 384. The molecule has 0 saturated carbocycles. The molecule has 1 heterocycles. The molecule has 2 rings (SSSR count). The summed E-state index contributed by atoms with van der Waals surface area (Å²) < 4.78 is 1.31. The van der Waals surface area contributed by atoms with E-state index in [-0.39, 0.29) is 0 Å². The SMILES string of the molecule is CCCN1CCC(Nc2ccc(I)cc2C)CC1. The molecule has 1 aromatic carbocycles. The fourth-order valence-electron chi connectivity index (χ4n) is 2.63. The Morgan fingerprint density at radius 1 is 1.33 bits per heavy atom. The molecule has 0 atom stereocenters. The van der Waals surface area contributed by atoms with Crippen LogP contribution in [-0.4, -0.2) is 30.6 Å². The molecule has 3 heteroatoms. The van der Waals surface area contributed by atoms with Crippen molar-refractivity contribution >= 4 is 28.3 Å². The van der Waals surface area contributed by atoms with Crippen molar-refractivity contribution in [2.45, 2.75) is 39.2 Å². The van der Waals surface area contributed by atoms with Crippen LogP contribution in [0, 0.1) is 10.5 Å². The van der Waals surface area contributed by atoms with E-state index in [9.17, 15) is 0 Å². The average Bonchev–Trinajstić information content (AvgIpc) is 2.35. The Balaban J connectivity index is 1.87. The van der Waals surface area contributed by atoms with Gasteiger partial charge in [-0.15, -0.1) is 0 Å². The van der Waals surface area contributed by atoms with Gasteiger partial charge in [0, 0.05) is 28.4 Å². The first kappa shape index (κ1) is 14.1. The normalized spacial score (nSPS) is 17.9. The van der Waals surface area contributed by atoms with E-state index in [2.05, 4.69) is 64.9 Å². The number of anilines is 1. The lowest BCUT2D eigenvalue weighted by Gasteiger charge is -2.33. The van der Waals surface area contributed by atoms with Gasteiger partial charge in [-0.25, -0.2) is 0 Å². The van der Waals surface area contributed by atoms with Crippen molar-refractivity contribution in [3.63, 3.8) is 0 Å². The van der Waals surface area contributed by atoms with Gasteiger partial charge in [-0.05, 0) is 79.1 Å². The number of hydrogen-bond acceptors (Lipinski definition) is 2. The molecule has 0 bridgehead atoms. The van der Waals surface area contributed by atoms with Crippen molar-refractivity contribution in [1.82, 2.24) is 4.90 Å². The molecular weight excluding hydrogens is 335 g/mol. The molecule has 1 aliphatic heterocycles. The number of aryl methyl sites for hydroxylation is 1. The van der Waals surface area contributed by atoms with Gasteiger partial charge in [-0.3, -0.25) is 0 Å². The third kappa shape index (κ3) is 3.85. The highest BCUT2D eigenvalue weighted by Crippen LogP contribution is 2.21. The average molecular weight is 358 g/mol. The summed E-state index contributed by atoms with van der Waals surface area (Å²) in [5.74, 6) is 0. The van der Waals surface area contributed by atoms with Crippen molar-refractivity contribution in [2.75, 3.05) is 25.0 Å². The Labute approximate surface area is 124 Å². The number of nitrogens with one attached hydrogen (secondary N) is 1. The highest BCUT2D eigenvalue weighted by molar-refractivity contribution is 14.1. The zero-order valence-electron chi connectivity index (χ0n) is 11.4. The minimum absolute atomic E-state index is 0.650. The van der Waals surface area contributed by atoms with E-state index in [0.29, 0.717) is 6.04 Å². The van der Waals surface area contributed by atoms with Gasteiger partial charge in [-0.1, -0.05) is 6.92 Å². The van der Waals surface area contributed by atoms with Gasteiger partial charge in [-0.2, -0.15) is 0 Å². The molecule has 1 aliphatic rings. The summed E-state index contributed by atoms with van der Waals surface area (Å²) in [5, 5.41) is 3.71. The van der Waals surface area contributed by atoms with Crippen LogP contribution in [0.5, 0.6) is 0 Å². The molecule has 1 N–H and O–H groups in total. The molecule has 18 heavy (non-hydrogen) atoms. The Kier molecular flexibility index (Phi) is 5.30. The molecule has 0 radical (unpaired) electrons. The Morgan fingerprint density at radius 3 is 2.67 bits per heavy atom. The maximum absolute atomic E-state index is 3.71. The number of piperidine rings is 1. The summed E-state index contributed by atoms with van der Waals surface area (Å²) in [6.45, 7) is 8.20. The summed E-state index contributed by atoms with van der Waals surface area (Å²) in [5.41, 5.74) is 2.67. The van der Waals surface area contributed by atoms with Gasteiger partial charge >= 0.3 is 0 Å². The van der Waals surface area contributed by atoms with Gasteiger partial charge in [0.2, 0.25) is 0 Å². The number of nitrogens with zero attached hydrogens (tertiary/aromatic N) is 1. The Morgan fingerprint density at radius 2 is 2.06 bits per heavy atom. The predicted molar refractivity (Wildman–Crippen MR) is 87.3 cm³/mol. The van der Waals surface area contributed by atoms with Crippen molar-refractivity contribution < 1.29 is 0 Å². The molecule has 1 aromatic rings. The van der Waals surface area contributed by atoms with E-state index in [1.54, 1.807) is 0 Å². The summed E-state index contributed by atoms with van der Waals surface area (Å²) in [4.78, 5) is 2.58. The highest BCUT2D eigenvalue weighted by atomic mass is 127. The summed E-state index contributed by atoms with van der Waals surface area (Å²) in [7, 11) is 0. The third-order valence-corrected chi connectivity index (χ3v) is 4.35. The minimum atomic E-state index is 0.650. The topological polar surface area (TPSA) is 15.3 Å². The van der Waals surface area contributed by atoms with Crippen LogP contribution < -0.4 is 5.32 Å². The van der Waals surface area contributed by atoms with Crippen LogP contribution in [0.3, 0.4) is 0 Å². The summed E-state index contributed by atoms with van der Waals surface area (Å²) in [6.07, 6.45) is 3.81. The van der Waals surface area contributed by atoms with Crippen LogP contribution in [0.2, 0.25) is 0 Å². The van der Waals surface area contributed by atoms with E-state index in [1.165, 1.54) is 53.7 Å². The Hall–Kier alpha value is -0.290. The van der Waals surface area contributed by atoms with Crippen molar-refractivity contribution in [3.8, 4) is 0 Å². The van der Waals surface area contributed by atoms with Gasteiger partial charge in [0.05, 0.1) is 0 Å². The molecule has 0 unspecified atom stereocenters. The maximum atomic E-state index is 3.71.